The zero-order valence-corrected chi connectivity index (χ0v) is 11.9. The number of aromatic nitrogens is 1. The van der Waals surface area contributed by atoms with E-state index in [9.17, 15) is 0 Å². The fourth-order valence-corrected chi connectivity index (χ4v) is 2.72. The third-order valence-corrected chi connectivity index (χ3v) is 4.19. The molecule has 2 nitrogen and oxygen atoms in total. The molecule has 100 valence electrons. The van der Waals surface area contributed by atoms with Crippen molar-refractivity contribution in [3.8, 4) is 0 Å². The number of nitrogens with one attached hydrogen (secondary N) is 1. The van der Waals surface area contributed by atoms with Crippen LogP contribution in [0.2, 0.25) is 0 Å². The van der Waals surface area contributed by atoms with Crippen molar-refractivity contribution in [1.82, 2.24) is 9.88 Å². The molecular weight excluding hydrogens is 232 g/mol. The van der Waals surface area contributed by atoms with Crippen LogP contribution in [0.15, 0.2) is 30.9 Å². The molecule has 0 radical (unpaired) electrons. The van der Waals surface area contributed by atoms with Crippen molar-refractivity contribution in [2.24, 2.45) is 0 Å². The van der Waals surface area contributed by atoms with Crippen molar-refractivity contribution in [2.75, 3.05) is 0 Å². The second-order valence-corrected chi connectivity index (χ2v) is 5.62. The molecule has 0 spiro atoms. The Labute approximate surface area is 115 Å². The van der Waals surface area contributed by atoms with E-state index in [1.54, 1.807) is 0 Å². The minimum Gasteiger partial charge on any atom is -0.341 e. The van der Waals surface area contributed by atoms with Gasteiger partial charge in [0, 0.05) is 35.7 Å². The van der Waals surface area contributed by atoms with E-state index in [2.05, 4.69) is 48.5 Å². The molecule has 1 saturated carbocycles. The summed E-state index contributed by atoms with van der Waals surface area (Å²) in [5, 5.41) is 4.96. The standard InChI is InChI=1S/C17H22N2/c1-4-9-19-13(3)12(2)16-10-14(5-8-17(16)19)11-18-15-6-7-15/h4-5,8,10,15,18H,1,6-7,9,11H2,2-3H3. The maximum Gasteiger partial charge on any atom is 0.0488 e. The van der Waals surface area contributed by atoms with Crippen molar-refractivity contribution >= 4 is 10.9 Å². The summed E-state index contributed by atoms with van der Waals surface area (Å²) in [5.41, 5.74) is 5.45. The van der Waals surface area contributed by atoms with Crippen molar-refractivity contribution in [3.05, 3.63) is 47.7 Å². The van der Waals surface area contributed by atoms with Crippen molar-refractivity contribution in [3.63, 3.8) is 0 Å². The highest BCUT2D eigenvalue weighted by Crippen LogP contribution is 2.27. The summed E-state index contributed by atoms with van der Waals surface area (Å²) < 4.78 is 2.34. The second-order valence-electron chi connectivity index (χ2n) is 5.62. The van der Waals surface area contributed by atoms with E-state index in [-0.39, 0.29) is 0 Å². The third kappa shape index (κ3) is 2.33. The van der Waals surface area contributed by atoms with Crippen molar-refractivity contribution in [1.29, 1.82) is 0 Å². The van der Waals surface area contributed by atoms with Gasteiger partial charge in [-0.15, -0.1) is 6.58 Å². The highest BCUT2D eigenvalue weighted by molar-refractivity contribution is 5.86. The second kappa shape index (κ2) is 4.86. The molecule has 0 atom stereocenters. The quantitative estimate of drug-likeness (QED) is 0.805. The minimum absolute atomic E-state index is 0.767. The maximum absolute atomic E-state index is 3.86. The smallest absolute Gasteiger partial charge is 0.0488 e. The van der Waals surface area contributed by atoms with Gasteiger partial charge < -0.3 is 9.88 Å². The van der Waals surface area contributed by atoms with Gasteiger partial charge in [-0.1, -0.05) is 12.1 Å². The average molecular weight is 254 g/mol. The SMILES string of the molecule is C=CCn1c(C)c(C)c2cc(CNC3CC3)ccc21. The molecule has 1 N–H and O–H groups in total. The monoisotopic (exact) mass is 254 g/mol. The number of hydrogen-bond donors (Lipinski definition) is 1. The third-order valence-electron chi connectivity index (χ3n) is 4.19. The van der Waals surface area contributed by atoms with Gasteiger partial charge in [-0.2, -0.15) is 0 Å². The first-order valence-electron chi connectivity index (χ1n) is 7.13. The van der Waals surface area contributed by atoms with Crippen LogP contribution in [0.4, 0.5) is 0 Å². The van der Waals surface area contributed by atoms with E-state index in [0.717, 1.165) is 19.1 Å². The molecular formula is C17H22N2. The molecule has 0 bridgehead atoms. The fourth-order valence-electron chi connectivity index (χ4n) is 2.72. The summed E-state index contributed by atoms with van der Waals surface area (Å²) in [5.74, 6) is 0. The van der Waals surface area contributed by atoms with Gasteiger partial charge in [0.2, 0.25) is 0 Å². The topological polar surface area (TPSA) is 17.0 Å². The molecule has 1 heterocycles. The Bertz CT molecular complexity index is 618. The highest BCUT2D eigenvalue weighted by Gasteiger charge is 2.20. The Morgan fingerprint density at radius 1 is 1.37 bits per heavy atom. The van der Waals surface area contributed by atoms with Crippen LogP contribution in [0.25, 0.3) is 10.9 Å². The van der Waals surface area contributed by atoms with E-state index in [4.69, 9.17) is 0 Å². The number of benzene rings is 1. The van der Waals surface area contributed by atoms with Crippen LogP contribution in [0.3, 0.4) is 0 Å². The van der Waals surface area contributed by atoms with Crippen LogP contribution in [-0.2, 0) is 13.1 Å². The summed E-state index contributed by atoms with van der Waals surface area (Å²) >= 11 is 0. The Morgan fingerprint density at radius 3 is 2.84 bits per heavy atom. The van der Waals surface area contributed by atoms with Gasteiger partial charge in [-0.3, -0.25) is 0 Å². The van der Waals surface area contributed by atoms with Crippen molar-refractivity contribution < 1.29 is 0 Å². The molecule has 2 aromatic rings. The normalized spacial score (nSPS) is 15.1. The van der Waals surface area contributed by atoms with Gasteiger partial charge in [0.15, 0.2) is 0 Å². The number of nitrogens with zero attached hydrogens (tertiary/aromatic N) is 1. The highest BCUT2D eigenvalue weighted by atomic mass is 15.0. The van der Waals surface area contributed by atoms with Crippen LogP contribution < -0.4 is 5.32 Å². The lowest BCUT2D eigenvalue weighted by molar-refractivity contribution is 0.688. The van der Waals surface area contributed by atoms with E-state index < -0.39 is 0 Å². The van der Waals surface area contributed by atoms with Crippen LogP contribution in [0.1, 0.15) is 29.7 Å². The maximum atomic E-state index is 3.86. The lowest BCUT2D eigenvalue weighted by Crippen LogP contribution is -2.15. The molecule has 1 aromatic heterocycles. The molecule has 0 unspecified atom stereocenters. The first-order valence-corrected chi connectivity index (χ1v) is 7.13. The summed E-state index contributed by atoms with van der Waals surface area (Å²) in [4.78, 5) is 0. The van der Waals surface area contributed by atoms with Crippen LogP contribution >= 0.6 is 0 Å². The van der Waals surface area contributed by atoms with Crippen molar-refractivity contribution in [2.45, 2.75) is 45.8 Å². The average Bonchev–Trinajstić information content (AvgIpc) is 3.22. The number of allylic oxidation sites excluding steroid dienone is 1. The van der Waals surface area contributed by atoms with Gasteiger partial charge >= 0.3 is 0 Å². The Kier molecular flexibility index (Phi) is 3.19. The molecule has 19 heavy (non-hydrogen) atoms. The van der Waals surface area contributed by atoms with E-state index >= 15 is 0 Å². The molecule has 1 fully saturated rings. The number of rotatable bonds is 5. The Hall–Kier alpha value is -1.54. The Morgan fingerprint density at radius 2 is 2.16 bits per heavy atom. The van der Waals surface area contributed by atoms with E-state index in [0.29, 0.717) is 0 Å². The molecule has 1 aliphatic rings. The molecule has 2 heteroatoms. The van der Waals surface area contributed by atoms with Gasteiger partial charge in [-0.05, 0) is 49.9 Å². The lowest BCUT2D eigenvalue weighted by atomic mass is 10.1. The summed E-state index contributed by atoms with van der Waals surface area (Å²) in [6.45, 7) is 10.1. The number of aryl methyl sites for hydroxylation is 1. The first-order chi connectivity index (χ1) is 9.20. The lowest BCUT2D eigenvalue weighted by Gasteiger charge is -2.06. The molecule has 0 aliphatic heterocycles. The predicted molar refractivity (Wildman–Crippen MR) is 81.5 cm³/mol. The summed E-state index contributed by atoms with van der Waals surface area (Å²) in [7, 11) is 0. The zero-order chi connectivity index (χ0) is 13.4. The zero-order valence-electron chi connectivity index (χ0n) is 11.9. The van der Waals surface area contributed by atoms with E-state index in [1.165, 1.54) is 40.6 Å². The van der Waals surface area contributed by atoms with Gasteiger partial charge in [0.25, 0.3) is 0 Å². The van der Waals surface area contributed by atoms with E-state index in [1.807, 2.05) is 6.08 Å². The molecule has 0 saturated heterocycles. The fraction of sp³-hybridized carbons (Fsp3) is 0.412. The predicted octanol–water partition coefficient (Wildman–Crippen LogP) is 3.70. The molecule has 3 rings (SSSR count). The van der Waals surface area contributed by atoms with Crippen LogP contribution in [0, 0.1) is 13.8 Å². The number of hydrogen-bond acceptors (Lipinski definition) is 1. The molecule has 0 amide bonds. The van der Waals surface area contributed by atoms with Gasteiger partial charge in [0.05, 0.1) is 0 Å². The summed E-state index contributed by atoms with van der Waals surface area (Å²) in [6.07, 6.45) is 4.65. The van der Waals surface area contributed by atoms with Gasteiger partial charge in [-0.25, -0.2) is 0 Å². The Balaban J connectivity index is 1.97. The van der Waals surface area contributed by atoms with Crippen LogP contribution in [-0.4, -0.2) is 10.6 Å². The number of fused-ring (bicyclic) bond motifs is 1. The largest absolute Gasteiger partial charge is 0.341 e. The minimum atomic E-state index is 0.767. The molecule has 1 aliphatic carbocycles. The summed E-state index contributed by atoms with van der Waals surface area (Å²) in [6, 6.07) is 7.61. The molecule has 1 aromatic carbocycles. The first kappa shape index (κ1) is 12.5. The van der Waals surface area contributed by atoms with Crippen LogP contribution in [0.5, 0.6) is 0 Å². The van der Waals surface area contributed by atoms with Gasteiger partial charge in [0.1, 0.15) is 0 Å².